The summed E-state index contributed by atoms with van der Waals surface area (Å²) in [6, 6.07) is 18.9. The lowest BCUT2D eigenvalue weighted by Gasteiger charge is -2.11. The van der Waals surface area contributed by atoms with E-state index in [-0.39, 0.29) is 11.5 Å². The summed E-state index contributed by atoms with van der Waals surface area (Å²) in [5.74, 6) is -0.222. The van der Waals surface area contributed by atoms with Gasteiger partial charge in [0, 0.05) is 23.1 Å². The number of nitrogens with one attached hydrogen (secondary N) is 3. The number of alkyl halides is 3. The van der Waals surface area contributed by atoms with Gasteiger partial charge in [0.25, 0.3) is 5.91 Å². The predicted octanol–water partition coefficient (Wildman–Crippen LogP) is 6.10. The number of ether oxygens (including phenoxy) is 1. The van der Waals surface area contributed by atoms with Crippen LogP contribution in [0.25, 0.3) is 11.4 Å². The van der Waals surface area contributed by atoms with Gasteiger partial charge >= 0.3 is 12.4 Å². The number of rotatable bonds is 9. The van der Waals surface area contributed by atoms with Gasteiger partial charge in [-0.1, -0.05) is 56.3 Å². The molecule has 14 heteroatoms. The van der Waals surface area contributed by atoms with Crippen molar-refractivity contribution in [2.24, 2.45) is 12.1 Å². The lowest BCUT2D eigenvalue weighted by atomic mass is 10.0. The third-order valence-corrected chi connectivity index (χ3v) is 6.56. The minimum absolute atomic E-state index is 0.110. The van der Waals surface area contributed by atoms with Crippen molar-refractivity contribution in [2.45, 2.75) is 31.0 Å². The molecule has 0 saturated heterocycles. The van der Waals surface area contributed by atoms with Crippen LogP contribution in [0.4, 0.5) is 23.9 Å². The van der Waals surface area contributed by atoms with Crippen LogP contribution in [0.5, 0.6) is 5.75 Å². The fourth-order valence-electron chi connectivity index (χ4n) is 3.66. The molecule has 0 atom stereocenters. The largest absolute Gasteiger partial charge is 0.573 e. The summed E-state index contributed by atoms with van der Waals surface area (Å²) >= 11 is 1.22. The van der Waals surface area contributed by atoms with Crippen molar-refractivity contribution >= 4 is 36.0 Å². The van der Waals surface area contributed by atoms with Crippen molar-refractivity contribution < 1.29 is 27.5 Å². The van der Waals surface area contributed by atoms with Crippen molar-refractivity contribution in [3.05, 3.63) is 89.5 Å². The minimum atomic E-state index is -4.82. The number of benzene rings is 3. The Bertz CT molecular complexity index is 1570. The molecule has 0 bridgehead atoms. The van der Waals surface area contributed by atoms with Gasteiger partial charge in [0.05, 0.1) is 6.21 Å². The third kappa shape index (κ3) is 8.33. The van der Waals surface area contributed by atoms with Crippen molar-refractivity contribution in [1.82, 2.24) is 24.9 Å². The Morgan fingerprint density at radius 2 is 1.71 bits per heavy atom. The zero-order valence-electron chi connectivity index (χ0n) is 22.6. The number of carbonyl (C=O) groups is 2. The zero-order valence-corrected chi connectivity index (χ0v) is 23.5. The molecule has 1 heterocycles. The number of hydrogen-bond donors (Lipinski definition) is 3. The van der Waals surface area contributed by atoms with Gasteiger partial charge in [-0.25, -0.2) is 14.9 Å². The van der Waals surface area contributed by atoms with E-state index in [0.29, 0.717) is 22.9 Å². The van der Waals surface area contributed by atoms with E-state index in [0.717, 1.165) is 22.6 Å². The first-order chi connectivity index (χ1) is 20.0. The first kappa shape index (κ1) is 30.1. The van der Waals surface area contributed by atoms with Crippen LogP contribution < -0.4 is 20.2 Å². The van der Waals surface area contributed by atoms with E-state index in [4.69, 9.17) is 0 Å². The fourth-order valence-corrected chi connectivity index (χ4v) is 4.47. The number of anilines is 1. The predicted molar refractivity (Wildman–Crippen MR) is 153 cm³/mol. The molecular weight excluding hydrogens is 571 g/mol. The first-order valence-corrected chi connectivity index (χ1v) is 13.3. The standard InChI is InChI=1S/C28H26F3N7O3S/c1-17(2)22-6-4-5-7-23(22)42-37-27(40)35-32-16-18-8-10-19(11-9-18)24-33-26(38(3)36-24)34-25(39)20-12-14-21(15-13-20)41-28(29,30)31/h4-17H,1-3H3,(H2,35,37,40)(H,33,34,36,39)/b32-16+. The number of nitrogens with zero attached hydrogens (tertiary/aromatic N) is 4. The van der Waals surface area contributed by atoms with E-state index in [1.54, 1.807) is 31.3 Å². The molecule has 1 aromatic heterocycles. The summed E-state index contributed by atoms with van der Waals surface area (Å²) in [5, 5.41) is 10.9. The Morgan fingerprint density at radius 1 is 1.02 bits per heavy atom. The maximum atomic E-state index is 12.6. The molecule has 0 aliphatic carbocycles. The molecule has 3 N–H and O–H groups in total. The van der Waals surface area contributed by atoms with Crippen molar-refractivity contribution in [1.29, 1.82) is 0 Å². The zero-order chi connectivity index (χ0) is 30.3. The number of hydrazone groups is 1. The Kier molecular flexibility index (Phi) is 9.47. The van der Waals surface area contributed by atoms with Crippen LogP contribution in [0.3, 0.4) is 0 Å². The molecule has 10 nitrogen and oxygen atoms in total. The van der Waals surface area contributed by atoms with Gasteiger partial charge in [-0.15, -0.1) is 18.3 Å². The average molecular weight is 598 g/mol. The second-order valence-corrected chi connectivity index (χ2v) is 9.97. The maximum absolute atomic E-state index is 12.6. The highest BCUT2D eigenvalue weighted by Gasteiger charge is 2.31. The molecule has 3 amide bonds. The average Bonchev–Trinajstić information content (AvgIpc) is 3.31. The van der Waals surface area contributed by atoms with E-state index >= 15 is 0 Å². The SMILES string of the molecule is CC(C)c1ccccc1SNC(=O)N/N=C/c1ccc(-c2nc(NC(=O)c3ccc(OC(F)(F)F)cc3)n(C)n2)cc1. The van der Waals surface area contributed by atoms with Gasteiger partial charge in [-0.05, 0) is 59.3 Å². The van der Waals surface area contributed by atoms with Gasteiger partial charge in [0.1, 0.15) is 5.75 Å². The first-order valence-electron chi connectivity index (χ1n) is 12.5. The minimum Gasteiger partial charge on any atom is -0.406 e. The number of urea groups is 1. The molecule has 4 rings (SSSR count). The summed E-state index contributed by atoms with van der Waals surface area (Å²) in [4.78, 5) is 30.0. The lowest BCUT2D eigenvalue weighted by Crippen LogP contribution is -2.27. The van der Waals surface area contributed by atoms with Gasteiger partial charge in [0.2, 0.25) is 5.95 Å². The summed E-state index contributed by atoms with van der Waals surface area (Å²) in [6.07, 6.45) is -3.34. The Balaban J connectivity index is 1.31. The molecule has 0 unspecified atom stereocenters. The monoisotopic (exact) mass is 597 g/mol. The molecule has 218 valence electrons. The number of hydrogen-bond acceptors (Lipinski definition) is 7. The van der Waals surface area contributed by atoms with Crippen LogP contribution in [0.15, 0.2) is 82.8 Å². The Morgan fingerprint density at radius 3 is 2.38 bits per heavy atom. The highest BCUT2D eigenvalue weighted by molar-refractivity contribution is 7.98. The molecule has 42 heavy (non-hydrogen) atoms. The second-order valence-electron chi connectivity index (χ2n) is 9.13. The van der Waals surface area contributed by atoms with Crippen LogP contribution in [0.1, 0.15) is 41.3 Å². The van der Waals surface area contributed by atoms with Crippen molar-refractivity contribution in [2.75, 3.05) is 5.32 Å². The van der Waals surface area contributed by atoms with E-state index in [2.05, 4.69) is 49.2 Å². The van der Waals surface area contributed by atoms with Crippen LogP contribution in [0, 0.1) is 0 Å². The summed E-state index contributed by atoms with van der Waals surface area (Å²) in [7, 11) is 1.59. The Hall–Kier alpha value is -4.85. The fraction of sp³-hybridized carbons (Fsp3) is 0.179. The number of aromatic nitrogens is 3. The van der Waals surface area contributed by atoms with E-state index < -0.39 is 24.1 Å². The summed E-state index contributed by atoms with van der Waals surface area (Å²) in [6.45, 7) is 4.17. The summed E-state index contributed by atoms with van der Waals surface area (Å²) in [5.41, 5.74) is 5.03. The smallest absolute Gasteiger partial charge is 0.406 e. The Labute approximate surface area is 243 Å². The van der Waals surface area contributed by atoms with Crippen molar-refractivity contribution in [3.8, 4) is 17.1 Å². The number of halogens is 3. The second kappa shape index (κ2) is 13.2. The van der Waals surface area contributed by atoms with Gasteiger partial charge in [-0.2, -0.15) is 10.1 Å². The molecular formula is C28H26F3N7O3S. The maximum Gasteiger partial charge on any atom is 0.573 e. The highest BCUT2D eigenvalue weighted by atomic mass is 32.2. The van der Waals surface area contributed by atoms with E-state index in [1.807, 2.05) is 24.3 Å². The molecule has 0 fully saturated rings. The number of carbonyl (C=O) groups excluding carboxylic acids is 2. The van der Waals surface area contributed by atoms with Crippen LogP contribution in [-0.4, -0.2) is 39.3 Å². The molecule has 4 aromatic rings. The number of aryl methyl sites for hydroxylation is 1. The molecule has 0 spiro atoms. The quantitative estimate of drug-likeness (QED) is 0.122. The highest BCUT2D eigenvalue weighted by Crippen LogP contribution is 2.26. The normalized spacial score (nSPS) is 11.5. The van der Waals surface area contributed by atoms with Crippen LogP contribution >= 0.6 is 11.9 Å². The van der Waals surface area contributed by atoms with E-state index in [1.165, 1.54) is 35.0 Å². The molecule has 0 aliphatic heterocycles. The lowest BCUT2D eigenvalue weighted by molar-refractivity contribution is -0.274. The van der Waals surface area contributed by atoms with Crippen LogP contribution in [-0.2, 0) is 7.05 Å². The number of amides is 3. The van der Waals surface area contributed by atoms with Gasteiger partial charge < -0.3 is 4.74 Å². The molecule has 0 aliphatic rings. The molecule has 3 aromatic carbocycles. The third-order valence-electron chi connectivity index (χ3n) is 5.68. The molecule has 0 saturated carbocycles. The summed E-state index contributed by atoms with van der Waals surface area (Å²) < 4.78 is 44.9. The van der Waals surface area contributed by atoms with Gasteiger partial charge in [-0.3, -0.25) is 14.8 Å². The molecule has 0 radical (unpaired) electrons. The van der Waals surface area contributed by atoms with Gasteiger partial charge in [0.15, 0.2) is 5.82 Å². The van der Waals surface area contributed by atoms with Crippen molar-refractivity contribution in [3.63, 3.8) is 0 Å². The topological polar surface area (TPSA) is 123 Å². The van der Waals surface area contributed by atoms with E-state index in [9.17, 15) is 22.8 Å². The van der Waals surface area contributed by atoms with Crippen LogP contribution in [0.2, 0.25) is 0 Å².